The highest BCUT2D eigenvalue weighted by Gasteiger charge is 2.29. The molecule has 2 aliphatic rings. The standard InChI is InChI=1S/C33H40N4O6S/c1-19(38)35-23-14-12-20-17-27(41-2)31(42-3)32(43-4)30(20)21-13-15-24(26(39)18-22(21)23)34-16-8-11-29(40)37-33-36-25-9-6-5-7-10-28(25)44-33/h13,15,17-18,23H,5-12,14,16H2,1-4H3,(H,34,39)(H,35,38)(H,36,37,40)/t23-/m0/s1. The number of thiazole rings is 1. The van der Waals surface area contributed by atoms with Crippen LogP contribution in [0.15, 0.2) is 29.1 Å². The van der Waals surface area contributed by atoms with E-state index in [1.807, 2.05) is 12.1 Å². The van der Waals surface area contributed by atoms with Crippen molar-refractivity contribution in [1.29, 1.82) is 0 Å². The molecule has 0 spiro atoms. The third-order valence-corrected chi connectivity index (χ3v) is 9.23. The molecule has 0 fully saturated rings. The first-order valence-corrected chi connectivity index (χ1v) is 15.9. The molecule has 5 rings (SSSR count). The average Bonchev–Trinajstić information content (AvgIpc) is 3.11. The van der Waals surface area contributed by atoms with E-state index in [-0.39, 0.29) is 23.3 Å². The second kappa shape index (κ2) is 14.1. The first-order valence-electron chi connectivity index (χ1n) is 15.1. The first-order chi connectivity index (χ1) is 21.3. The summed E-state index contributed by atoms with van der Waals surface area (Å²) in [5.74, 6) is 1.23. The van der Waals surface area contributed by atoms with Crippen LogP contribution < -0.4 is 35.6 Å². The van der Waals surface area contributed by atoms with Crippen LogP contribution in [0.25, 0.3) is 11.1 Å². The second-order valence-electron chi connectivity index (χ2n) is 11.1. The summed E-state index contributed by atoms with van der Waals surface area (Å²) in [7, 11) is 4.70. The highest BCUT2D eigenvalue weighted by atomic mass is 32.1. The van der Waals surface area contributed by atoms with Gasteiger partial charge in [0.25, 0.3) is 0 Å². The third-order valence-electron chi connectivity index (χ3n) is 8.15. The van der Waals surface area contributed by atoms with E-state index in [0.717, 1.165) is 41.6 Å². The van der Waals surface area contributed by atoms with Crippen molar-refractivity contribution in [3.63, 3.8) is 0 Å². The number of nitrogens with one attached hydrogen (secondary N) is 3. The Hall–Kier alpha value is -4.12. The Balaban J connectivity index is 1.36. The predicted octanol–water partition coefficient (Wildman–Crippen LogP) is 5.42. The minimum absolute atomic E-state index is 0.0883. The lowest BCUT2D eigenvalue weighted by atomic mass is 9.95. The fourth-order valence-electron chi connectivity index (χ4n) is 6.09. The van der Waals surface area contributed by atoms with E-state index in [1.165, 1.54) is 24.6 Å². The van der Waals surface area contributed by atoms with Crippen molar-refractivity contribution in [2.45, 2.75) is 70.8 Å². The fraction of sp³-hybridized carbons (Fsp3) is 0.455. The molecule has 3 aromatic rings. The first kappa shape index (κ1) is 31.3. The molecule has 2 amide bonds. The van der Waals surface area contributed by atoms with Gasteiger partial charge in [-0.1, -0.05) is 12.5 Å². The molecule has 0 bridgehead atoms. The molecule has 2 aliphatic carbocycles. The molecule has 1 atom stereocenters. The van der Waals surface area contributed by atoms with E-state index in [9.17, 15) is 14.4 Å². The van der Waals surface area contributed by atoms with E-state index < -0.39 is 0 Å². The van der Waals surface area contributed by atoms with Crippen molar-refractivity contribution in [3.05, 3.63) is 56.2 Å². The number of carbonyl (C=O) groups excluding carboxylic acids is 2. The summed E-state index contributed by atoms with van der Waals surface area (Å²) in [5, 5.41) is 9.86. The lowest BCUT2D eigenvalue weighted by molar-refractivity contribution is -0.119. The van der Waals surface area contributed by atoms with Gasteiger partial charge in [-0.3, -0.25) is 14.4 Å². The summed E-state index contributed by atoms with van der Waals surface area (Å²) < 4.78 is 17.1. The molecule has 0 unspecified atom stereocenters. The van der Waals surface area contributed by atoms with Gasteiger partial charge in [0.2, 0.25) is 23.0 Å². The number of aryl methyl sites for hydroxylation is 3. The number of nitrogens with zero attached hydrogens (tertiary/aromatic N) is 1. The maximum atomic E-state index is 13.5. The van der Waals surface area contributed by atoms with Crippen LogP contribution in [0.5, 0.6) is 17.2 Å². The molecule has 11 heteroatoms. The zero-order chi connectivity index (χ0) is 31.2. The smallest absolute Gasteiger partial charge is 0.226 e. The molecule has 44 heavy (non-hydrogen) atoms. The largest absolute Gasteiger partial charge is 0.493 e. The Morgan fingerprint density at radius 2 is 1.80 bits per heavy atom. The molecule has 1 aromatic heterocycles. The van der Waals surface area contributed by atoms with Gasteiger partial charge in [-0.2, -0.15) is 0 Å². The molecule has 10 nitrogen and oxygen atoms in total. The summed E-state index contributed by atoms with van der Waals surface area (Å²) in [6.07, 6.45) is 7.62. The van der Waals surface area contributed by atoms with E-state index >= 15 is 0 Å². The second-order valence-corrected chi connectivity index (χ2v) is 12.2. The maximum absolute atomic E-state index is 13.5. The maximum Gasteiger partial charge on any atom is 0.226 e. The number of hydrogen-bond donors (Lipinski definition) is 3. The van der Waals surface area contributed by atoms with Crippen molar-refractivity contribution >= 4 is 34.0 Å². The number of hydrogen-bond acceptors (Lipinski definition) is 9. The SMILES string of the molecule is COc1cc2c(c(OC)c1OC)-c1ccc(NCCCC(=O)Nc3nc4c(s3)CCCCC4)c(=O)cc1[C@@H](NC(C)=O)CC2. The Morgan fingerprint density at radius 3 is 2.55 bits per heavy atom. The monoisotopic (exact) mass is 620 g/mol. The van der Waals surface area contributed by atoms with Crippen LogP contribution in [0.1, 0.15) is 73.2 Å². The molecular weight excluding hydrogens is 580 g/mol. The van der Waals surface area contributed by atoms with Gasteiger partial charge in [-0.15, -0.1) is 11.3 Å². The molecule has 234 valence electrons. The average molecular weight is 621 g/mol. The van der Waals surface area contributed by atoms with Crippen LogP contribution in [-0.2, 0) is 28.9 Å². The molecule has 3 N–H and O–H groups in total. The van der Waals surface area contributed by atoms with Crippen LogP contribution in [0.4, 0.5) is 10.8 Å². The Kier molecular flexibility index (Phi) is 10.0. The van der Waals surface area contributed by atoms with E-state index in [0.29, 0.717) is 65.9 Å². The zero-order valence-electron chi connectivity index (χ0n) is 25.8. The predicted molar refractivity (Wildman–Crippen MR) is 172 cm³/mol. The van der Waals surface area contributed by atoms with Gasteiger partial charge in [0.15, 0.2) is 16.6 Å². The molecule has 2 aromatic carbocycles. The van der Waals surface area contributed by atoms with Gasteiger partial charge in [-0.25, -0.2) is 4.98 Å². The van der Waals surface area contributed by atoms with Crippen LogP contribution >= 0.6 is 11.3 Å². The number of amides is 2. The number of benzene rings is 1. The summed E-state index contributed by atoms with van der Waals surface area (Å²) in [6.45, 7) is 1.91. The number of fused-ring (bicyclic) bond motifs is 4. The number of aromatic nitrogens is 1. The molecule has 1 heterocycles. The van der Waals surface area contributed by atoms with Gasteiger partial charge in [0.1, 0.15) is 0 Å². The van der Waals surface area contributed by atoms with Gasteiger partial charge in [0.05, 0.1) is 38.8 Å². The minimum Gasteiger partial charge on any atom is -0.493 e. The molecule has 0 saturated carbocycles. The lowest BCUT2D eigenvalue weighted by Gasteiger charge is -2.19. The van der Waals surface area contributed by atoms with Gasteiger partial charge in [-0.05, 0) is 79.8 Å². The summed E-state index contributed by atoms with van der Waals surface area (Å²) >= 11 is 1.58. The van der Waals surface area contributed by atoms with Crippen LogP contribution in [0.2, 0.25) is 0 Å². The van der Waals surface area contributed by atoms with Crippen molar-refractivity contribution < 1.29 is 23.8 Å². The summed E-state index contributed by atoms with van der Waals surface area (Å²) in [4.78, 5) is 44.2. The highest BCUT2D eigenvalue weighted by Crippen LogP contribution is 2.50. The number of anilines is 2. The van der Waals surface area contributed by atoms with Crippen LogP contribution in [0.3, 0.4) is 0 Å². The normalized spacial score (nSPS) is 15.4. The van der Waals surface area contributed by atoms with E-state index in [4.69, 9.17) is 14.2 Å². The van der Waals surface area contributed by atoms with Crippen molar-refractivity contribution in [2.24, 2.45) is 0 Å². The van der Waals surface area contributed by atoms with Gasteiger partial charge in [0, 0.05) is 30.3 Å². The molecule has 0 aliphatic heterocycles. The highest BCUT2D eigenvalue weighted by molar-refractivity contribution is 7.15. The van der Waals surface area contributed by atoms with Crippen molar-refractivity contribution in [3.8, 4) is 28.4 Å². The van der Waals surface area contributed by atoms with Crippen LogP contribution in [0, 0.1) is 0 Å². The van der Waals surface area contributed by atoms with E-state index in [2.05, 4.69) is 20.9 Å². The number of rotatable bonds is 10. The topological polar surface area (TPSA) is 128 Å². The molecular formula is C33H40N4O6S. The third kappa shape index (κ3) is 6.83. The lowest BCUT2D eigenvalue weighted by Crippen LogP contribution is -2.26. The Bertz CT molecular complexity index is 1580. The number of carbonyl (C=O) groups is 2. The number of methoxy groups -OCH3 is 3. The fourth-order valence-corrected chi connectivity index (χ4v) is 7.16. The zero-order valence-corrected chi connectivity index (χ0v) is 26.6. The molecule has 0 radical (unpaired) electrons. The van der Waals surface area contributed by atoms with Gasteiger partial charge < -0.3 is 30.2 Å². The Labute approximate surface area is 261 Å². The quantitative estimate of drug-likeness (QED) is 0.203. The minimum atomic E-state index is -0.380. The van der Waals surface area contributed by atoms with Crippen molar-refractivity contribution in [1.82, 2.24) is 10.3 Å². The Morgan fingerprint density at radius 1 is 1.00 bits per heavy atom. The summed E-state index contributed by atoms with van der Waals surface area (Å²) in [6, 6.07) is 6.76. The summed E-state index contributed by atoms with van der Waals surface area (Å²) in [5.41, 5.74) is 4.54. The van der Waals surface area contributed by atoms with Crippen molar-refractivity contribution in [2.75, 3.05) is 38.5 Å². The number of ether oxygens (including phenoxy) is 3. The van der Waals surface area contributed by atoms with Gasteiger partial charge >= 0.3 is 0 Å². The van der Waals surface area contributed by atoms with Crippen LogP contribution in [-0.4, -0.2) is 44.7 Å². The molecule has 0 saturated heterocycles. The van der Waals surface area contributed by atoms with E-state index in [1.54, 1.807) is 44.8 Å².